The predicted molar refractivity (Wildman–Crippen MR) is 51.9 cm³/mol. The number of carboxylic acids is 1. The largest absolute Gasteiger partial charge is 0.481 e. The quantitative estimate of drug-likeness (QED) is 0.539. The van der Waals surface area contributed by atoms with Crippen LogP contribution in [0.2, 0.25) is 0 Å². The molecule has 8 nitrogen and oxygen atoms in total. The molecule has 0 bridgehead atoms. The lowest BCUT2D eigenvalue weighted by Gasteiger charge is -2.04. The molecular weight excluding hydrogens is 218 g/mol. The molecule has 0 saturated carbocycles. The molecule has 1 aromatic heterocycles. The highest BCUT2D eigenvalue weighted by atomic mass is 16.6. The van der Waals surface area contributed by atoms with Crippen molar-refractivity contribution in [3.8, 4) is 0 Å². The molecule has 1 heterocycles. The maximum absolute atomic E-state index is 10.5. The summed E-state index contributed by atoms with van der Waals surface area (Å²) in [5, 5.41) is 31.8. The van der Waals surface area contributed by atoms with E-state index in [4.69, 9.17) is 5.11 Å². The van der Waals surface area contributed by atoms with Gasteiger partial charge in [-0.1, -0.05) is 0 Å². The average Bonchev–Trinajstić information content (AvgIpc) is 2.44. The summed E-state index contributed by atoms with van der Waals surface area (Å²) < 4.78 is 1.17. The molecule has 2 N–H and O–H groups in total. The number of rotatable bonds is 5. The van der Waals surface area contributed by atoms with Crippen LogP contribution in [0, 0.1) is 17.0 Å². The zero-order valence-corrected chi connectivity index (χ0v) is 8.53. The van der Waals surface area contributed by atoms with Crippen molar-refractivity contribution in [3.63, 3.8) is 0 Å². The molecule has 0 aliphatic carbocycles. The van der Waals surface area contributed by atoms with E-state index < -0.39 is 23.4 Å². The number of aryl methyl sites for hydroxylation is 1. The molecule has 88 valence electrons. The Kier molecular flexibility index (Phi) is 3.56. The molecule has 1 rings (SSSR count). The van der Waals surface area contributed by atoms with Crippen LogP contribution < -0.4 is 0 Å². The van der Waals surface area contributed by atoms with Crippen molar-refractivity contribution in [1.29, 1.82) is 0 Å². The fraction of sp³-hybridized carbons (Fsp3) is 0.500. The van der Waals surface area contributed by atoms with E-state index in [2.05, 4.69) is 5.10 Å². The van der Waals surface area contributed by atoms with E-state index in [0.717, 1.165) is 0 Å². The molecule has 1 unspecified atom stereocenters. The van der Waals surface area contributed by atoms with E-state index in [1.165, 1.54) is 17.8 Å². The van der Waals surface area contributed by atoms with Crippen LogP contribution in [-0.2, 0) is 11.3 Å². The molecule has 0 aliphatic heterocycles. The molecule has 0 radical (unpaired) electrons. The highest BCUT2D eigenvalue weighted by Crippen LogP contribution is 2.14. The molecule has 0 amide bonds. The van der Waals surface area contributed by atoms with E-state index in [1.54, 1.807) is 0 Å². The number of nitro groups is 1. The van der Waals surface area contributed by atoms with Gasteiger partial charge >= 0.3 is 11.8 Å². The molecule has 8 heteroatoms. The van der Waals surface area contributed by atoms with Crippen LogP contribution in [0.1, 0.15) is 12.0 Å². The molecule has 1 aromatic rings. The van der Waals surface area contributed by atoms with Crippen molar-refractivity contribution < 1.29 is 19.9 Å². The van der Waals surface area contributed by atoms with Crippen molar-refractivity contribution in [1.82, 2.24) is 9.78 Å². The molecule has 1 atom stereocenters. The lowest BCUT2D eigenvalue weighted by molar-refractivity contribution is -0.390. The molecule has 0 spiro atoms. The number of nitrogens with zero attached hydrogens (tertiary/aromatic N) is 3. The lowest BCUT2D eigenvalue weighted by atomic mass is 10.2. The Hall–Kier alpha value is -1.96. The van der Waals surface area contributed by atoms with Crippen LogP contribution in [0.4, 0.5) is 5.82 Å². The summed E-state index contributed by atoms with van der Waals surface area (Å²) in [7, 11) is 0. The van der Waals surface area contributed by atoms with Gasteiger partial charge in [0.15, 0.2) is 0 Å². The van der Waals surface area contributed by atoms with Crippen LogP contribution >= 0.6 is 0 Å². The Morgan fingerprint density at radius 3 is 2.81 bits per heavy atom. The minimum absolute atomic E-state index is 0.0824. The summed E-state index contributed by atoms with van der Waals surface area (Å²) >= 11 is 0. The van der Waals surface area contributed by atoms with Gasteiger partial charge in [0.2, 0.25) is 0 Å². The number of aliphatic hydroxyl groups excluding tert-OH is 1. The third kappa shape index (κ3) is 3.02. The third-order valence-electron chi connectivity index (χ3n) is 1.90. The van der Waals surface area contributed by atoms with Crippen molar-refractivity contribution in [2.24, 2.45) is 0 Å². The Bertz CT molecular complexity index is 414. The second kappa shape index (κ2) is 4.71. The van der Waals surface area contributed by atoms with Gasteiger partial charge in [0, 0.05) is 0 Å². The Morgan fingerprint density at radius 1 is 1.75 bits per heavy atom. The van der Waals surface area contributed by atoms with Gasteiger partial charge in [-0.3, -0.25) is 4.79 Å². The molecule has 16 heavy (non-hydrogen) atoms. The van der Waals surface area contributed by atoms with Crippen LogP contribution in [0.3, 0.4) is 0 Å². The Labute approximate surface area is 90.3 Å². The van der Waals surface area contributed by atoms with Crippen LogP contribution in [0.15, 0.2) is 6.20 Å². The minimum atomic E-state index is -1.13. The van der Waals surface area contributed by atoms with Gasteiger partial charge < -0.3 is 20.3 Å². The van der Waals surface area contributed by atoms with E-state index in [9.17, 15) is 20.0 Å². The highest BCUT2D eigenvalue weighted by molar-refractivity contribution is 5.67. The third-order valence-corrected chi connectivity index (χ3v) is 1.90. The van der Waals surface area contributed by atoms with E-state index >= 15 is 0 Å². The average molecular weight is 229 g/mol. The van der Waals surface area contributed by atoms with E-state index in [-0.39, 0.29) is 12.4 Å². The van der Waals surface area contributed by atoms with Crippen molar-refractivity contribution >= 4 is 11.8 Å². The lowest BCUT2D eigenvalue weighted by Crippen LogP contribution is -2.20. The van der Waals surface area contributed by atoms with Gasteiger partial charge in [-0.05, 0) is 11.8 Å². The van der Waals surface area contributed by atoms with E-state index in [0.29, 0.717) is 5.56 Å². The fourth-order valence-electron chi connectivity index (χ4n) is 1.27. The van der Waals surface area contributed by atoms with Gasteiger partial charge in [-0.15, -0.1) is 0 Å². The van der Waals surface area contributed by atoms with Gasteiger partial charge in [-0.25, -0.2) is 0 Å². The predicted octanol–water partition coefficient (Wildman–Crippen LogP) is -0.0647. The van der Waals surface area contributed by atoms with Crippen LogP contribution in [0.25, 0.3) is 0 Å². The first-order chi connectivity index (χ1) is 7.40. The topological polar surface area (TPSA) is 118 Å². The fourth-order valence-corrected chi connectivity index (χ4v) is 1.27. The number of aromatic nitrogens is 2. The normalized spacial score (nSPS) is 12.4. The number of carboxylic acid groups (broad SMARTS) is 1. The Morgan fingerprint density at radius 2 is 2.38 bits per heavy atom. The number of hydrogen-bond acceptors (Lipinski definition) is 5. The maximum Gasteiger partial charge on any atom is 0.392 e. The first-order valence-corrected chi connectivity index (χ1v) is 4.48. The molecule has 0 fully saturated rings. The summed E-state index contributed by atoms with van der Waals surface area (Å²) in [6.45, 7) is 1.44. The molecular formula is C8H11N3O5. The molecule has 0 aromatic carbocycles. The molecule has 0 aliphatic rings. The zero-order valence-electron chi connectivity index (χ0n) is 8.53. The summed E-state index contributed by atoms with van der Waals surface area (Å²) in [5.41, 5.74) is 0.368. The summed E-state index contributed by atoms with van der Waals surface area (Å²) in [4.78, 5) is 20.1. The van der Waals surface area contributed by atoms with Crippen molar-refractivity contribution in [3.05, 3.63) is 21.9 Å². The standard InChI is InChI=1S/C8H11N3O5/c1-5-3-10(9-8(5)11(15)16)4-6(12)2-7(13)14/h3,6,12H,2,4H2,1H3,(H,13,14). The van der Waals surface area contributed by atoms with E-state index in [1.807, 2.05) is 0 Å². The Balaban J connectivity index is 2.71. The van der Waals surface area contributed by atoms with Gasteiger partial charge in [0.05, 0.1) is 35.9 Å². The zero-order chi connectivity index (χ0) is 12.3. The number of aliphatic carboxylic acids is 1. The first-order valence-electron chi connectivity index (χ1n) is 4.48. The first kappa shape index (κ1) is 12.1. The summed E-state index contributed by atoms with van der Waals surface area (Å²) in [5.74, 6) is -1.42. The minimum Gasteiger partial charge on any atom is -0.481 e. The second-order valence-electron chi connectivity index (χ2n) is 3.37. The van der Waals surface area contributed by atoms with Crippen molar-refractivity contribution in [2.45, 2.75) is 26.0 Å². The van der Waals surface area contributed by atoms with Crippen LogP contribution in [0.5, 0.6) is 0 Å². The highest BCUT2D eigenvalue weighted by Gasteiger charge is 2.19. The monoisotopic (exact) mass is 229 g/mol. The van der Waals surface area contributed by atoms with Gasteiger partial charge in [0.25, 0.3) is 0 Å². The van der Waals surface area contributed by atoms with Gasteiger partial charge in [-0.2, -0.15) is 4.68 Å². The number of hydrogen-bond donors (Lipinski definition) is 2. The number of aliphatic hydroxyl groups is 1. The summed E-state index contributed by atoms with van der Waals surface area (Å²) in [6, 6.07) is 0. The molecule has 0 saturated heterocycles. The second-order valence-corrected chi connectivity index (χ2v) is 3.37. The maximum atomic E-state index is 10.5. The van der Waals surface area contributed by atoms with Gasteiger partial charge in [0.1, 0.15) is 0 Å². The van der Waals surface area contributed by atoms with Crippen molar-refractivity contribution in [2.75, 3.05) is 0 Å². The summed E-state index contributed by atoms with van der Waals surface area (Å²) in [6.07, 6.45) is -0.146. The van der Waals surface area contributed by atoms with Crippen LogP contribution in [-0.4, -0.2) is 37.0 Å². The number of carbonyl (C=O) groups is 1. The smallest absolute Gasteiger partial charge is 0.392 e. The SMILES string of the molecule is Cc1cn(CC(O)CC(=O)O)nc1[N+](=O)[O-].